The highest BCUT2D eigenvalue weighted by molar-refractivity contribution is 5.94. The molecule has 1 aromatic carbocycles. The number of halogens is 3. The molecule has 9 heteroatoms. The summed E-state index contributed by atoms with van der Waals surface area (Å²) in [7, 11) is 0. The Kier molecular flexibility index (Phi) is 5.27. The molecule has 1 aliphatic carbocycles. The molecule has 2 aliphatic rings. The highest BCUT2D eigenvalue weighted by Crippen LogP contribution is 2.37. The van der Waals surface area contributed by atoms with Crippen LogP contribution in [0.4, 0.5) is 13.2 Å². The summed E-state index contributed by atoms with van der Waals surface area (Å²) >= 11 is 0. The van der Waals surface area contributed by atoms with Gasteiger partial charge in [0, 0.05) is 30.8 Å². The lowest BCUT2D eigenvalue weighted by Gasteiger charge is -2.32. The molecule has 1 saturated carbocycles. The van der Waals surface area contributed by atoms with Crippen molar-refractivity contribution >= 4 is 17.1 Å². The lowest BCUT2D eigenvalue weighted by Crippen LogP contribution is -2.38. The van der Waals surface area contributed by atoms with Crippen molar-refractivity contribution in [2.75, 3.05) is 13.1 Å². The molecule has 3 aromatic rings. The second-order valence-corrected chi connectivity index (χ2v) is 8.49. The number of carbonyl (C=O) groups excluding carboxylic acids is 1. The van der Waals surface area contributed by atoms with Gasteiger partial charge >= 0.3 is 6.36 Å². The average Bonchev–Trinajstić information content (AvgIpc) is 3.15. The fraction of sp³-hybridized carbons (Fsp3) is 0.435. The quantitative estimate of drug-likeness (QED) is 0.605. The molecule has 0 bridgehead atoms. The molecule has 32 heavy (non-hydrogen) atoms. The molecule has 0 unspecified atom stereocenters. The highest BCUT2D eigenvalue weighted by Gasteiger charge is 2.31. The van der Waals surface area contributed by atoms with Crippen molar-refractivity contribution in [1.29, 1.82) is 0 Å². The lowest BCUT2D eigenvalue weighted by atomic mass is 9.85. The first-order chi connectivity index (χ1) is 15.4. The Labute approximate surface area is 182 Å². The fourth-order valence-electron chi connectivity index (χ4n) is 4.54. The molecule has 1 N–H and O–H groups in total. The molecule has 6 nitrogen and oxygen atoms in total. The second-order valence-electron chi connectivity index (χ2n) is 8.49. The Bertz CT molecular complexity index is 1110. The summed E-state index contributed by atoms with van der Waals surface area (Å²) in [5, 5.41) is 0. The number of rotatable bonds is 4. The van der Waals surface area contributed by atoms with Gasteiger partial charge in [-0.25, -0.2) is 9.97 Å². The van der Waals surface area contributed by atoms with E-state index in [0.717, 1.165) is 29.8 Å². The zero-order chi connectivity index (χ0) is 22.3. The van der Waals surface area contributed by atoms with E-state index in [1.807, 2.05) is 6.07 Å². The number of benzene rings is 1. The number of aromatic nitrogens is 3. The predicted octanol–water partition coefficient (Wildman–Crippen LogP) is 5.14. The lowest BCUT2D eigenvalue weighted by molar-refractivity contribution is -0.274. The number of alkyl halides is 3. The average molecular weight is 444 g/mol. The van der Waals surface area contributed by atoms with Crippen molar-refractivity contribution in [2.24, 2.45) is 0 Å². The Balaban J connectivity index is 1.25. The van der Waals surface area contributed by atoms with E-state index in [1.165, 1.54) is 49.1 Å². The van der Waals surface area contributed by atoms with Crippen LogP contribution in [0, 0.1) is 0 Å². The molecule has 3 heterocycles. The Morgan fingerprint density at radius 2 is 1.75 bits per heavy atom. The van der Waals surface area contributed by atoms with Crippen molar-refractivity contribution in [1.82, 2.24) is 19.9 Å². The monoisotopic (exact) mass is 444 g/mol. The number of nitrogens with one attached hydrogen (secondary N) is 1. The van der Waals surface area contributed by atoms with Gasteiger partial charge in [-0.15, -0.1) is 13.2 Å². The van der Waals surface area contributed by atoms with Gasteiger partial charge in [0.1, 0.15) is 11.6 Å². The molecule has 5 rings (SSSR count). The third kappa shape index (κ3) is 4.16. The van der Waals surface area contributed by atoms with Crippen LogP contribution in [-0.4, -0.2) is 45.2 Å². The van der Waals surface area contributed by atoms with Crippen molar-refractivity contribution < 1.29 is 22.7 Å². The first-order valence-electron chi connectivity index (χ1n) is 10.9. The molecular formula is C23H23F3N4O2. The van der Waals surface area contributed by atoms with Crippen LogP contribution in [0.3, 0.4) is 0 Å². The summed E-state index contributed by atoms with van der Waals surface area (Å²) in [6.45, 7) is 1.16. The molecule has 1 saturated heterocycles. The summed E-state index contributed by atoms with van der Waals surface area (Å²) in [6.07, 6.45) is 2.23. The van der Waals surface area contributed by atoms with Gasteiger partial charge in [-0.05, 0) is 67.5 Å². The van der Waals surface area contributed by atoms with Crippen LogP contribution in [0.1, 0.15) is 65.7 Å². The number of hydrogen-bond acceptors (Lipinski definition) is 4. The van der Waals surface area contributed by atoms with E-state index in [0.29, 0.717) is 30.5 Å². The number of likely N-dealkylation sites (tertiary alicyclic amines) is 1. The molecule has 0 spiro atoms. The van der Waals surface area contributed by atoms with E-state index in [-0.39, 0.29) is 11.7 Å². The summed E-state index contributed by atoms with van der Waals surface area (Å²) < 4.78 is 40.8. The molecule has 1 amide bonds. The van der Waals surface area contributed by atoms with E-state index in [2.05, 4.69) is 14.7 Å². The standard InChI is InChI=1S/C23H23F3N4O2/c24-23(25,26)32-17-6-4-16(5-7-17)22(31)30-12-9-14(10-13-30)18-8-11-27-21-19(18)28-20(29-21)15-2-1-3-15/h4-8,11,14-15H,1-3,9-10,12-13H2,(H,27,28,29). The van der Waals surface area contributed by atoms with E-state index in [1.54, 1.807) is 11.1 Å². The maximum atomic E-state index is 12.8. The molecule has 1 aliphatic heterocycles. The zero-order valence-corrected chi connectivity index (χ0v) is 17.4. The Morgan fingerprint density at radius 3 is 2.38 bits per heavy atom. The fourth-order valence-corrected chi connectivity index (χ4v) is 4.54. The Hall–Kier alpha value is -3.10. The minimum absolute atomic E-state index is 0.185. The summed E-state index contributed by atoms with van der Waals surface area (Å²) in [4.78, 5) is 27.2. The van der Waals surface area contributed by atoms with Gasteiger partial charge in [-0.2, -0.15) is 0 Å². The van der Waals surface area contributed by atoms with Crippen molar-refractivity contribution in [3.05, 3.63) is 53.5 Å². The van der Waals surface area contributed by atoms with E-state index >= 15 is 0 Å². The zero-order valence-electron chi connectivity index (χ0n) is 17.4. The summed E-state index contributed by atoms with van der Waals surface area (Å²) in [5.74, 6) is 1.30. The third-order valence-corrected chi connectivity index (χ3v) is 6.49. The SMILES string of the molecule is O=C(c1ccc(OC(F)(F)F)cc1)N1CCC(c2ccnc3nc(C4CCC4)[nH]c23)CC1. The molecule has 0 radical (unpaired) electrons. The number of ether oxygens (including phenoxy) is 1. The number of hydrogen-bond donors (Lipinski definition) is 1. The van der Waals surface area contributed by atoms with Gasteiger partial charge in [0.05, 0.1) is 5.52 Å². The van der Waals surface area contributed by atoms with Crippen molar-refractivity contribution in [3.8, 4) is 5.75 Å². The van der Waals surface area contributed by atoms with E-state index in [4.69, 9.17) is 4.98 Å². The van der Waals surface area contributed by atoms with Crippen molar-refractivity contribution in [3.63, 3.8) is 0 Å². The van der Waals surface area contributed by atoms with Gasteiger partial charge in [0.25, 0.3) is 5.91 Å². The number of fused-ring (bicyclic) bond motifs is 1. The van der Waals surface area contributed by atoms with Crippen LogP contribution in [0.5, 0.6) is 5.75 Å². The number of imidazole rings is 1. The second kappa shape index (κ2) is 8.11. The molecular weight excluding hydrogens is 421 g/mol. The van der Waals surface area contributed by atoms with Crippen LogP contribution < -0.4 is 4.74 Å². The van der Waals surface area contributed by atoms with E-state index in [9.17, 15) is 18.0 Å². The minimum Gasteiger partial charge on any atom is -0.406 e. The number of nitrogens with zero attached hydrogens (tertiary/aromatic N) is 3. The number of aromatic amines is 1. The van der Waals surface area contributed by atoms with Gasteiger partial charge in [0.2, 0.25) is 0 Å². The predicted molar refractivity (Wildman–Crippen MR) is 111 cm³/mol. The largest absolute Gasteiger partial charge is 0.573 e. The van der Waals surface area contributed by atoms with Crippen LogP contribution in [0.15, 0.2) is 36.5 Å². The topological polar surface area (TPSA) is 71.1 Å². The summed E-state index contributed by atoms with van der Waals surface area (Å²) in [6, 6.07) is 7.10. The molecule has 2 aromatic heterocycles. The van der Waals surface area contributed by atoms with Crippen LogP contribution in [0.2, 0.25) is 0 Å². The number of carbonyl (C=O) groups is 1. The van der Waals surface area contributed by atoms with Crippen LogP contribution >= 0.6 is 0 Å². The van der Waals surface area contributed by atoms with Crippen molar-refractivity contribution in [2.45, 2.75) is 50.3 Å². The van der Waals surface area contributed by atoms with Gasteiger partial charge in [-0.1, -0.05) is 6.42 Å². The number of piperidine rings is 1. The summed E-state index contributed by atoms with van der Waals surface area (Å²) in [5.41, 5.74) is 3.29. The van der Waals surface area contributed by atoms with Gasteiger partial charge < -0.3 is 14.6 Å². The van der Waals surface area contributed by atoms with Gasteiger partial charge in [-0.3, -0.25) is 4.79 Å². The number of amides is 1. The third-order valence-electron chi connectivity index (χ3n) is 6.49. The van der Waals surface area contributed by atoms with Crippen LogP contribution in [0.25, 0.3) is 11.2 Å². The number of pyridine rings is 1. The maximum Gasteiger partial charge on any atom is 0.573 e. The van der Waals surface area contributed by atoms with Gasteiger partial charge in [0.15, 0.2) is 5.65 Å². The van der Waals surface area contributed by atoms with E-state index < -0.39 is 6.36 Å². The van der Waals surface area contributed by atoms with Crippen LogP contribution in [-0.2, 0) is 0 Å². The minimum atomic E-state index is -4.75. The molecule has 2 fully saturated rings. The first kappa shape index (κ1) is 20.8. The molecule has 0 atom stereocenters. The maximum absolute atomic E-state index is 12.8. The highest BCUT2D eigenvalue weighted by atomic mass is 19.4. The number of H-pyrrole nitrogens is 1. The first-order valence-corrected chi connectivity index (χ1v) is 10.9. The smallest absolute Gasteiger partial charge is 0.406 e. The Morgan fingerprint density at radius 1 is 1.03 bits per heavy atom. The molecule has 168 valence electrons. The normalized spacial score (nSPS) is 18.0.